The second kappa shape index (κ2) is 5.41. The summed E-state index contributed by atoms with van der Waals surface area (Å²) < 4.78 is 2.44. The Kier molecular flexibility index (Phi) is 3.37. The summed E-state index contributed by atoms with van der Waals surface area (Å²) in [6, 6.07) is 15.0. The van der Waals surface area contributed by atoms with Gasteiger partial charge in [-0.05, 0) is 48.9 Å². The highest BCUT2D eigenvalue weighted by Crippen LogP contribution is 2.36. The molecule has 3 heteroatoms. The molecule has 1 aliphatic carbocycles. The predicted octanol–water partition coefficient (Wildman–Crippen LogP) is 4.47. The molecule has 118 valence electrons. The number of nitrogens with zero attached hydrogens (tertiary/aromatic N) is 1. The van der Waals surface area contributed by atoms with Crippen molar-refractivity contribution in [2.24, 2.45) is 11.8 Å². The summed E-state index contributed by atoms with van der Waals surface area (Å²) in [5.74, 6) is -0.269. The van der Waals surface area contributed by atoms with E-state index >= 15 is 0 Å². The second-order valence-electron chi connectivity index (χ2n) is 6.87. The van der Waals surface area contributed by atoms with Gasteiger partial charge in [-0.25, -0.2) is 0 Å². The number of aliphatic carboxylic acids is 1. The Hall–Kier alpha value is -2.29. The molecule has 3 aromatic rings. The van der Waals surface area contributed by atoms with Crippen LogP contribution in [0, 0.1) is 11.8 Å². The van der Waals surface area contributed by atoms with Crippen LogP contribution < -0.4 is 0 Å². The molecule has 2 aromatic carbocycles. The first-order valence-electron chi connectivity index (χ1n) is 8.36. The maximum Gasteiger partial charge on any atom is 0.306 e. The zero-order chi connectivity index (χ0) is 16.0. The molecular weight excluding hydrogens is 286 g/mol. The van der Waals surface area contributed by atoms with Gasteiger partial charge in [0.2, 0.25) is 0 Å². The van der Waals surface area contributed by atoms with E-state index in [0.29, 0.717) is 6.42 Å². The van der Waals surface area contributed by atoms with E-state index < -0.39 is 5.97 Å². The highest BCUT2D eigenvalue weighted by atomic mass is 16.4. The van der Waals surface area contributed by atoms with Crippen molar-refractivity contribution in [1.29, 1.82) is 0 Å². The standard InChI is InChI=1S/C20H21NO2/c1-13(20(22)23)10-15-8-9-19-17(11-15)16-4-2-3-5-18(16)21(19)12-14-6-7-14/h2-5,8-9,11,13-14H,6-7,10,12H2,1H3,(H,22,23). The van der Waals surface area contributed by atoms with Gasteiger partial charge in [0.1, 0.15) is 0 Å². The Morgan fingerprint density at radius 3 is 2.65 bits per heavy atom. The lowest BCUT2D eigenvalue weighted by atomic mass is 9.99. The second-order valence-corrected chi connectivity index (χ2v) is 6.87. The molecule has 0 aliphatic heterocycles. The summed E-state index contributed by atoms with van der Waals surface area (Å²) in [4.78, 5) is 11.1. The first kappa shape index (κ1) is 14.3. The van der Waals surface area contributed by atoms with Crippen LogP contribution in [0.4, 0.5) is 0 Å². The van der Waals surface area contributed by atoms with Gasteiger partial charge in [0.25, 0.3) is 0 Å². The zero-order valence-electron chi connectivity index (χ0n) is 13.3. The minimum atomic E-state index is -0.735. The fourth-order valence-corrected chi connectivity index (χ4v) is 3.42. The molecular formula is C20H21NO2. The average Bonchev–Trinajstić information content (AvgIpc) is 3.31. The molecule has 1 N–H and O–H groups in total. The third kappa shape index (κ3) is 2.61. The van der Waals surface area contributed by atoms with E-state index in [2.05, 4.69) is 47.0 Å². The highest BCUT2D eigenvalue weighted by molar-refractivity contribution is 6.08. The Morgan fingerprint density at radius 1 is 1.17 bits per heavy atom. The van der Waals surface area contributed by atoms with Crippen molar-refractivity contribution < 1.29 is 9.90 Å². The lowest BCUT2D eigenvalue weighted by molar-refractivity contribution is -0.141. The van der Waals surface area contributed by atoms with Crippen LogP contribution in [0.1, 0.15) is 25.3 Å². The van der Waals surface area contributed by atoms with Gasteiger partial charge in [-0.3, -0.25) is 4.79 Å². The van der Waals surface area contributed by atoms with Gasteiger partial charge in [-0.1, -0.05) is 31.2 Å². The van der Waals surface area contributed by atoms with Crippen molar-refractivity contribution in [3.63, 3.8) is 0 Å². The van der Waals surface area contributed by atoms with Gasteiger partial charge in [0.05, 0.1) is 5.92 Å². The molecule has 1 unspecified atom stereocenters. The zero-order valence-corrected chi connectivity index (χ0v) is 13.3. The summed E-state index contributed by atoms with van der Waals surface area (Å²) in [6.07, 6.45) is 3.25. The van der Waals surface area contributed by atoms with Crippen LogP contribution in [0.5, 0.6) is 0 Å². The fraction of sp³-hybridized carbons (Fsp3) is 0.350. The van der Waals surface area contributed by atoms with Crippen molar-refractivity contribution in [3.8, 4) is 0 Å². The number of rotatable bonds is 5. The number of hydrogen-bond acceptors (Lipinski definition) is 1. The highest BCUT2D eigenvalue weighted by Gasteiger charge is 2.23. The van der Waals surface area contributed by atoms with Crippen molar-refractivity contribution in [2.75, 3.05) is 0 Å². The summed E-state index contributed by atoms with van der Waals surface area (Å²) >= 11 is 0. The number of carboxylic acid groups (broad SMARTS) is 1. The molecule has 4 rings (SSSR count). The molecule has 0 radical (unpaired) electrons. The molecule has 1 fully saturated rings. The molecule has 0 bridgehead atoms. The summed E-state index contributed by atoms with van der Waals surface area (Å²) in [5, 5.41) is 11.7. The SMILES string of the molecule is CC(Cc1ccc2c(c1)c1ccccc1n2CC1CC1)C(=O)O. The van der Waals surface area contributed by atoms with Crippen molar-refractivity contribution in [2.45, 2.75) is 32.7 Å². The van der Waals surface area contributed by atoms with Crippen LogP contribution in [-0.2, 0) is 17.8 Å². The van der Waals surface area contributed by atoms with Crippen LogP contribution in [0.15, 0.2) is 42.5 Å². The molecule has 0 amide bonds. The van der Waals surface area contributed by atoms with Crippen molar-refractivity contribution >= 4 is 27.8 Å². The van der Waals surface area contributed by atoms with E-state index in [4.69, 9.17) is 5.11 Å². The topological polar surface area (TPSA) is 42.2 Å². The first-order valence-corrected chi connectivity index (χ1v) is 8.36. The molecule has 1 aliphatic rings. The largest absolute Gasteiger partial charge is 0.481 e. The van der Waals surface area contributed by atoms with Gasteiger partial charge in [-0.2, -0.15) is 0 Å². The molecule has 0 saturated heterocycles. The third-order valence-electron chi connectivity index (χ3n) is 4.94. The van der Waals surface area contributed by atoms with E-state index in [0.717, 1.165) is 18.0 Å². The first-order chi connectivity index (χ1) is 11.1. The number of benzene rings is 2. The Balaban J connectivity index is 1.84. The maximum absolute atomic E-state index is 11.1. The average molecular weight is 307 g/mol. The number of fused-ring (bicyclic) bond motifs is 3. The molecule has 1 aromatic heterocycles. The smallest absolute Gasteiger partial charge is 0.306 e. The molecule has 3 nitrogen and oxygen atoms in total. The third-order valence-corrected chi connectivity index (χ3v) is 4.94. The minimum absolute atomic E-state index is 0.354. The van der Waals surface area contributed by atoms with Crippen LogP contribution in [-0.4, -0.2) is 15.6 Å². The summed E-state index contributed by atoms with van der Waals surface area (Å²) in [5.41, 5.74) is 3.66. The lowest BCUT2D eigenvalue weighted by Crippen LogP contribution is -2.12. The van der Waals surface area contributed by atoms with Crippen molar-refractivity contribution in [1.82, 2.24) is 4.57 Å². The normalized spacial score (nSPS) is 16.0. The monoisotopic (exact) mass is 307 g/mol. The van der Waals surface area contributed by atoms with E-state index in [1.54, 1.807) is 6.92 Å². The molecule has 1 atom stereocenters. The fourth-order valence-electron chi connectivity index (χ4n) is 3.42. The number of hydrogen-bond donors (Lipinski definition) is 1. The molecule has 23 heavy (non-hydrogen) atoms. The van der Waals surface area contributed by atoms with Gasteiger partial charge in [0.15, 0.2) is 0 Å². The number of para-hydroxylation sites is 1. The van der Waals surface area contributed by atoms with E-state index in [1.807, 2.05) is 0 Å². The van der Waals surface area contributed by atoms with Crippen molar-refractivity contribution in [3.05, 3.63) is 48.0 Å². The van der Waals surface area contributed by atoms with Gasteiger partial charge in [0, 0.05) is 28.4 Å². The van der Waals surface area contributed by atoms with E-state index in [1.165, 1.54) is 34.6 Å². The van der Waals surface area contributed by atoms with Crippen LogP contribution in [0.2, 0.25) is 0 Å². The van der Waals surface area contributed by atoms with E-state index in [-0.39, 0.29) is 5.92 Å². The molecule has 1 heterocycles. The lowest BCUT2D eigenvalue weighted by Gasteiger charge is -2.08. The molecule has 1 saturated carbocycles. The van der Waals surface area contributed by atoms with Gasteiger partial charge >= 0.3 is 5.97 Å². The number of carbonyl (C=O) groups is 1. The number of carboxylic acids is 1. The molecule has 0 spiro atoms. The summed E-state index contributed by atoms with van der Waals surface area (Å²) in [6.45, 7) is 2.86. The van der Waals surface area contributed by atoms with Gasteiger partial charge < -0.3 is 9.67 Å². The van der Waals surface area contributed by atoms with Crippen LogP contribution >= 0.6 is 0 Å². The minimum Gasteiger partial charge on any atom is -0.481 e. The summed E-state index contributed by atoms with van der Waals surface area (Å²) in [7, 11) is 0. The Bertz CT molecular complexity index is 889. The quantitative estimate of drug-likeness (QED) is 0.755. The maximum atomic E-state index is 11.1. The Morgan fingerprint density at radius 2 is 1.91 bits per heavy atom. The van der Waals surface area contributed by atoms with Gasteiger partial charge in [-0.15, -0.1) is 0 Å². The Labute approximate surface area is 135 Å². The van der Waals surface area contributed by atoms with E-state index in [9.17, 15) is 4.79 Å². The van der Waals surface area contributed by atoms with Crippen LogP contribution in [0.3, 0.4) is 0 Å². The van der Waals surface area contributed by atoms with Crippen LogP contribution in [0.25, 0.3) is 21.8 Å². The number of aromatic nitrogens is 1. The predicted molar refractivity (Wildman–Crippen MR) is 92.7 cm³/mol.